The van der Waals surface area contributed by atoms with Crippen LogP contribution in [0.2, 0.25) is 0 Å². The van der Waals surface area contributed by atoms with E-state index in [4.69, 9.17) is 13.9 Å². The Bertz CT molecular complexity index is 1550. The van der Waals surface area contributed by atoms with Crippen LogP contribution in [-0.4, -0.2) is 58.2 Å². The highest BCUT2D eigenvalue weighted by molar-refractivity contribution is 6.07. The number of ether oxygens (including phenoxy) is 2. The lowest BCUT2D eigenvalue weighted by Gasteiger charge is -2.41. The number of anilines is 2. The summed E-state index contributed by atoms with van der Waals surface area (Å²) in [5.74, 6) is 0.402. The lowest BCUT2D eigenvalue weighted by molar-refractivity contribution is -0.0141. The third-order valence-corrected chi connectivity index (χ3v) is 6.96. The molecular formula is C29H31N5O5. The van der Waals surface area contributed by atoms with Crippen molar-refractivity contribution in [2.24, 2.45) is 0 Å². The van der Waals surface area contributed by atoms with E-state index in [9.17, 15) is 9.59 Å². The van der Waals surface area contributed by atoms with Crippen molar-refractivity contribution >= 4 is 34.3 Å². The maximum absolute atomic E-state index is 13.0. The van der Waals surface area contributed by atoms with Crippen LogP contribution in [0.5, 0.6) is 5.75 Å². The number of benzene rings is 1. The number of furan rings is 1. The van der Waals surface area contributed by atoms with Gasteiger partial charge in [0.25, 0.3) is 5.91 Å². The van der Waals surface area contributed by atoms with E-state index in [2.05, 4.69) is 20.6 Å². The highest BCUT2D eigenvalue weighted by Crippen LogP contribution is 2.41. The summed E-state index contributed by atoms with van der Waals surface area (Å²) in [5, 5.41) is 7.37. The molecule has 5 heterocycles. The SMILES string of the molecule is CC(C)(C)OC(=O)N1CC[C@@H]1COc1cnccc1-c1[nH]c2c(c1Nc1cccc3ccoc13)C(=O)NCC2. The lowest BCUT2D eigenvalue weighted by Crippen LogP contribution is -2.55. The van der Waals surface area contributed by atoms with E-state index < -0.39 is 5.60 Å². The van der Waals surface area contributed by atoms with Gasteiger partial charge in [-0.1, -0.05) is 12.1 Å². The Morgan fingerprint density at radius 2 is 2.13 bits per heavy atom. The first kappa shape index (κ1) is 24.8. The number of likely N-dealkylation sites (tertiary alicyclic amines) is 1. The molecule has 0 unspecified atom stereocenters. The summed E-state index contributed by atoms with van der Waals surface area (Å²) in [6.07, 6.45) is 6.15. The Hall–Kier alpha value is -4.47. The molecule has 202 valence electrons. The van der Waals surface area contributed by atoms with Crippen molar-refractivity contribution in [1.82, 2.24) is 20.2 Å². The fraction of sp³-hybridized carbons (Fsp3) is 0.345. The van der Waals surface area contributed by atoms with Crippen molar-refractivity contribution in [3.63, 3.8) is 0 Å². The number of hydrogen-bond donors (Lipinski definition) is 3. The molecule has 0 saturated carbocycles. The molecule has 10 nitrogen and oxygen atoms in total. The molecule has 0 aliphatic carbocycles. The number of carbonyl (C=O) groups excluding carboxylic acids is 2. The van der Waals surface area contributed by atoms with Gasteiger partial charge in [-0.15, -0.1) is 0 Å². The zero-order valence-electron chi connectivity index (χ0n) is 22.2. The monoisotopic (exact) mass is 529 g/mol. The summed E-state index contributed by atoms with van der Waals surface area (Å²) in [6, 6.07) is 9.49. The molecule has 3 N–H and O–H groups in total. The van der Waals surface area contributed by atoms with Crippen LogP contribution < -0.4 is 15.4 Å². The van der Waals surface area contributed by atoms with E-state index >= 15 is 0 Å². The summed E-state index contributed by atoms with van der Waals surface area (Å²) < 4.78 is 17.5. The third-order valence-electron chi connectivity index (χ3n) is 6.96. The van der Waals surface area contributed by atoms with Gasteiger partial charge in [0, 0.05) is 42.4 Å². The lowest BCUT2D eigenvalue weighted by atomic mass is 10.0. The Morgan fingerprint density at radius 1 is 1.26 bits per heavy atom. The van der Waals surface area contributed by atoms with Gasteiger partial charge in [-0.05, 0) is 45.4 Å². The van der Waals surface area contributed by atoms with Gasteiger partial charge in [0.1, 0.15) is 18.0 Å². The number of rotatable bonds is 6. The zero-order valence-corrected chi connectivity index (χ0v) is 22.2. The van der Waals surface area contributed by atoms with Gasteiger partial charge in [0.2, 0.25) is 0 Å². The minimum Gasteiger partial charge on any atom is -0.489 e. The van der Waals surface area contributed by atoms with Crippen LogP contribution in [0.4, 0.5) is 16.2 Å². The number of hydrogen-bond acceptors (Lipinski definition) is 7. The number of aromatic amines is 1. The van der Waals surface area contributed by atoms with Crippen LogP contribution >= 0.6 is 0 Å². The molecule has 2 amide bonds. The van der Waals surface area contributed by atoms with Crippen molar-refractivity contribution < 1.29 is 23.5 Å². The highest BCUT2D eigenvalue weighted by atomic mass is 16.6. The van der Waals surface area contributed by atoms with Gasteiger partial charge >= 0.3 is 6.09 Å². The van der Waals surface area contributed by atoms with E-state index in [1.165, 1.54) is 0 Å². The molecule has 0 bridgehead atoms. The first-order chi connectivity index (χ1) is 18.8. The van der Waals surface area contributed by atoms with Crippen LogP contribution in [0.3, 0.4) is 0 Å². The number of fused-ring (bicyclic) bond motifs is 2. The van der Waals surface area contributed by atoms with E-state index in [-0.39, 0.29) is 18.0 Å². The van der Waals surface area contributed by atoms with Crippen molar-refractivity contribution in [3.8, 4) is 17.0 Å². The van der Waals surface area contributed by atoms with Crippen molar-refractivity contribution in [2.45, 2.75) is 45.3 Å². The Labute approximate surface area is 225 Å². The van der Waals surface area contributed by atoms with E-state index in [0.29, 0.717) is 48.7 Å². The third kappa shape index (κ3) is 4.78. The molecule has 1 saturated heterocycles. The summed E-state index contributed by atoms with van der Waals surface area (Å²) in [6.45, 7) is 7.05. The Balaban J connectivity index is 1.31. The smallest absolute Gasteiger partial charge is 0.410 e. The predicted molar refractivity (Wildman–Crippen MR) is 146 cm³/mol. The van der Waals surface area contributed by atoms with Gasteiger partial charge in [0.15, 0.2) is 5.58 Å². The summed E-state index contributed by atoms with van der Waals surface area (Å²) in [7, 11) is 0. The van der Waals surface area contributed by atoms with Crippen LogP contribution in [0.1, 0.15) is 43.2 Å². The number of para-hydroxylation sites is 1. The number of nitrogens with zero attached hydrogens (tertiary/aromatic N) is 2. The van der Waals surface area contributed by atoms with Crippen molar-refractivity contribution in [1.29, 1.82) is 0 Å². The van der Waals surface area contributed by atoms with Crippen LogP contribution in [0.15, 0.2) is 53.4 Å². The molecule has 10 heteroatoms. The minimum atomic E-state index is -0.559. The maximum Gasteiger partial charge on any atom is 0.410 e. The zero-order chi connectivity index (χ0) is 27.1. The van der Waals surface area contributed by atoms with E-state index in [0.717, 1.165) is 34.4 Å². The first-order valence-electron chi connectivity index (χ1n) is 13.1. The molecule has 39 heavy (non-hydrogen) atoms. The summed E-state index contributed by atoms with van der Waals surface area (Å²) in [4.78, 5) is 35.0. The Morgan fingerprint density at radius 3 is 2.92 bits per heavy atom. The van der Waals surface area contributed by atoms with E-state index in [1.54, 1.807) is 23.6 Å². The maximum atomic E-state index is 13.0. The molecule has 2 aliphatic heterocycles. The molecule has 3 aromatic heterocycles. The average molecular weight is 530 g/mol. The topological polar surface area (TPSA) is 122 Å². The number of H-pyrrole nitrogens is 1. The second-order valence-corrected chi connectivity index (χ2v) is 10.8. The fourth-order valence-corrected chi connectivity index (χ4v) is 4.99. The number of nitrogens with one attached hydrogen (secondary N) is 3. The second kappa shape index (κ2) is 9.68. The molecule has 1 atom stereocenters. The molecule has 0 spiro atoms. The quantitative estimate of drug-likeness (QED) is 0.312. The number of pyridine rings is 1. The van der Waals surface area contributed by atoms with Crippen molar-refractivity contribution in [2.75, 3.05) is 25.0 Å². The van der Waals surface area contributed by atoms with Crippen LogP contribution in [-0.2, 0) is 11.2 Å². The summed E-state index contributed by atoms with van der Waals surface area (Å²) >= 11 is 0. The molecular weight excluding hydrogens is 498 g/mol. The number of aromatic nitrogens is 2. The van der Waals surface area contributed by atoms with Crippen LogP contribution in [0.25, 0.3) is 22.2 Å². The van der Waals surface area contributed by atoms with Gasteiger partial charge in [-0.25, -0.2) is 4.79 Å². The van der Waals surface area contributed by atoms with Gasteiger partial charge < -0.3 is 34.4 Å². The van der Waals surface area contributed by atoms with Crippen LogP contribution in [0, 0.1) is 0 Å². The molecule has 6 rings (SSSR count). The Kier molecular flexibility index (Phi) is 6.17. The second-order valence-electron chi connectivity index (χ2n) is 10.8. The first-order valence-corrected chi connectivity index (χ1v) is 13.1. The minimum absolute atomic E-state index is 0.0929. The fourth-order valence-electron chi connectivity index (χ4n) is 4.99. The normalized spacial score (nSPS) is 16.8. The predicted octanol–water partition coefficient (Wildman–Crippen LogP) is 5.24. The van der Waals surface area contributed by atoms with E-state index in [1.807, 2.05) is 51.1 Å². The van der Waals surface area contributed by atoms with Gasteiger partial charge in [-0.2, -0.15) is 0 Å². The standard InChI is InChI=1S/C29H31N5O5/c1-29(2,3)39-28(36)34-13-9-18(34)16-38-22-15-30-11-7-19(22)24-25(23-20(32-24)8-12-31-27(23)35)33-21-6-4-5-17-10-14-37-26(17)21/h4-7,10-11,14-15,18,32-33H,8-9,12-13,16H2,1-3H3,(H,31,35)/t18-/m1/s1. The molecule has 2 aliphatic rings. The number of carbonyl (C=O) groups is 2. The molecule has 4 aromatic rings. The average Bonchev–Trinajstić information content (AvgIpc) is 3.49. The number of amides is 2. The van der Waals surface area contributed by atoms with Gasteiger partial charge in [-0.3, -0.25) is 9.78 Å². The highest BCUT2D eigenvalue weighted by Gasteiger charge is 2.36. The van der Waals surface area contributed by atoms with Gasteiger partial charge in [0.05, 0.1) is 41.1 Å². The molecule has 1 aromatic carbocycles. The summed E-state index contributed by atoms with van der Waals surface area (Å²) in [5.41, 5.74) is 4.42. The molecule has 1 fully saturated rings. The van der Waals surface area contributed by atoms with Crippen molar-refractivity contribution in [3.05, 3.63) is 60.2 Å². The molecule has 0 radical (unpaired) electrons. The largest absolute Gasteiger partial charge is 0.489 e.